The second kappa shape index (κ2) is 7.93. The van der Waals surface area contributed by atoms with Gasteiger partial charge in [0.2, 0.25) is 0 Å². The molecule has 0 aliphatic heterocycles. The SMILES string of the molecule is COC(=O)CN(c1cccc(C)c1C)S(=O)(=O)c1ccc(SC)cc1. The normalized spacial score (nSPS) is 11.2. The third-order valence-corrected chi connectivity index (χ3v) is 6.51. The molecule has 0 fully saturated rings. The maximum Gasteiger partial charge on any atom is 0.326 e. The van der Waals surface area contributed by atoms with Gasteiger partial charge in [0.1, 0.15) is 6.54 Å². The molecule has 0 aliphatic rings. The molecule has 0 bridgehead atoms. The highest BCUT2D eigenvalue weighted by atomic mass is 32.2. The van der Waals surface area contributed by atoms with E-state index in [9.17, 15) is 13.2 Å². The van der Waals surface area contributed by atoms with Gasteiger partial charge in [0.15, 0.2) is 0 Å². The molecule has 2 rings (SSSR count). The van der Waals surface area contributed by atoms with Crippen molar-refractivity contribution in [3.8, 4) is 0 Å². The van der Waals surface area contributed by atoms with E-state index in [1.54, 1.807) is 36.4 Å². The highest BCUT2D eigenvalue weighted by Gasteiger charge is 2.28. The Bertz CT molecular complexity index is 861. The van der Waals surface area contributed by atoms with Gasteiger partial charge in [-0.05, 0) is 61.6 Å². The smallest absolute Gasteiger partial charge is 0.326 e. The van der Waals surface area contributed by atoms with Gasteiger partial charge in [-0.3, -0.25) is 9.10 Å². The number of sulfonamides is 1. The predicted molar refractivity (Wildman–Crippen MR) is 101 cm³/mol. The van der Waals surface area contributed by atoms with Crippen molar-refractivity contribution in [1.82, 2.24) is 0 Å². The van der Waals surface area contributed by atoms with Crippen molar-refractivity contribution >= 4 is 33.4 Å². The average Bonchev–Trinajstić information content (AvgIpc) is 2.62. The number of carbonyl (C=O) groups is 1. The quantitative estimate of drug-likeness (QED) is 0.569. The minimum absolute atomic E-state index is 0.134. The van der Waals surface area contributed by atoms with Crippen LogP contribution < -0.4 is 4.31 Å². The van der Waals surface area contributed by atoms with Crippen molar-refractivity contribution in [2.24, 2.45) is 0 Å². The summed E-state index contributed by atoms with van der Waals surface area (Å²) in [4.78, 5) is 12.9. The monoisotopic (exact) mass is 379 g/mol. The Balaban J connectivity index is 2.57. The first-order chi connectivity index (χ1) is 11.8. The lowest BCUT2D eigenvalue weighted by Gasteiger charge is -2.25. The van der Waals surface area contributed by atoms with Crippen LogP contribution in [0.15, 0.2) is 52.3 Å². The van der Waals surface area contributed by atoms with Gasteiger partial charge in [0, 0.05) is 4.90 Å². The molecule has 7 heteroatoms. The number of carbonyl (C=O) groups excluding carboxylic acids is 1. The van der Waals surface area contributed by atoms with Crippen molar-refractivity contribution in [3.63, 3.8) is 0 Å². The topological polar surface area (TPSA) is 63.7 Å². The van der Waals surface area contributed by atoms with Crippen molar-refractivity contribution in [1.29, 1.82) is 0 Å². The number of esters is 1. The van der Waals surface area contributed by atoms with Crippen LogP contribution in [0.5, 0.6) is 0 Å². The molecule has 0 aliphatic carbocycles. The van der Waals surface area contributed by atoms with E-state index in [-0.39, 0.29) is 11.4 Å². The van der Waals surface area contributed by atoms with Crippen LogP contribution in [-0.2, 0) is 19.6 Å². The largest absolute Gasteiger partial charge is 0.468 e. The minimum Gasteiger partial charge on any atom is -0.468 e. The predicted octanol–water partition coefficient (Wildman–Crippen LogP) is 3.39. The highest BCUT2D eigenvalue weighted by Crippen LogP contribution is 2.29. The fraction of sp³-hybridized carbons (Fsp3) is 0.278. The molecular weight excluding hydrogens is 358 g/mol. The number of ether oxygens (including phenoxy) is 1. The van der Waals surface area contributed by atoms with Gasteiger partial charge in [-0.25, -0.2) is 8.42 Å². The maximum absolute atomic E-state index is 13.2. The molecule has 2 aromatic rings. The van der Waals surface area contributed by atoms with Gasteiger partial charge >= 0.3 is 5.97 Å². The van der Waals surface area contributed by atoms with E-state index in [1.165, 1.54) is 18.9 Å². The first-order valence-electron chi connectivity index (χ1n) is 7.61. The summed E-state index contributed by atoms with van der Waals surface area (Å²) in [5, 5.41) is 0. The number of methoxy groups -OCH3 is 1. The van der Waals surface area contributed by atoms with Crippen molar-refractivity contribution in [2.45, 2.75) is 23.6 Å². The lowest BCUT2D eigenvalue weighted by atomic mass is 10.1. The molecule has 0 spiro atoms. The van der Waals surface area contributed by atoms with Crippen LogP contribution in [-0.4, -0.2) is 34.3 Å². The Morgan fingerprint density at radius 2 is 1.76 bits per heavy atom. The molecule has 0 atom stereocenters. The number of benzene rings is 2. The number of rotatable bonds is 6. The van der Waals surface area contributed by atoms with Crippen LogP contribution in [0.2, 0.25) is 0 Å². The Labute approximate surface area is 153 Å². The summed E-state index contributed by atoms with van der Waals surface area (Å²) in [6.07, 6.45) is 1.92. The number of anilines is 1. The molecule has 0 radical (unpaired) electrons. The fourth-order valence-corrected chi connectivity index (χ4v) is 4.24. The second-order valence-corrected chi connectivity index (χ2v) is 8.22. The lowest BCUT2D eigenvalue weighted by Crippen LogP contribution is -2.36. The van der Waals surface area contributed by atoms with Crippen LogP contribution in [0, 0.1) is 13.8 Å². The molecule has 5 nitrogen and oxygen atoms in total. The van der Waals surface area contributed by atoms with Crippen molar-refractivity contribution < 1.29 is 17.9 Å². The van der Waals surface area contributed by atoms with E-state index >= 15 is 0 Å². The van der Waals surface area contributed by atoms with E-state index in [0.717, 1.165) is 20.3 Å². The summed E-state index contributed by atoms with van der Waals surface area (Å²) in [6.45, 7) is 3.35. The van der Waals surface area contributed by atoms with Crippen LogP contribution in [0.3, 0.4) is 0 Å². The molecule has 134 valence electrons. The third-order valence-electron chi connectivity index (χ3n) is 3.99. The van der Waals surface area contributed by atoms with Crippen molar-refractivity contribution in [3.05, 3.63) is 53.6 Å². The molecule has 0 saturated heterocycles. The van der Waals surface area contributed by atoms with E-state index in [4.69, 9.17) is 4.74 Å². The Morgan fingerprint density at radius 3 is 2.32 bits per heavy atom. The average molecular weight is 380 g/mol. The third kappa shape index (κ3) is 4.16. The molecular formula is C18H21NO4S2. The maximum atomic E-state index is 13.2. The van der Waals surface area contributed by atoms with Gasteiger partial charge in [-0.15, -0.1) is 11.8 Å². The standard InChI is InChI=1S/C18H21NO4S2/c1-13-6-5-7-17(14(13)2)19(12-18(20)23-3)25(21,22)16-10-8-15(24-4)9-11-16/h5-11H,12H2,1-4H3. The zero-order valence-corrected chi connectivity index (χ0v) is 16.3. The van der Waals surface area contributed by atoms with E-state index < -0.39 is 16.0 Å². The number of hydrogen-bond acceptors (Lipinski definition) is 5. The molecule has 0 saturated carbocycles. The number of aryl methyl sites for hydroxylation is 1. The first kappa shape index (κ1) is 19.3. The van der Waals surface area contributed by atoms with Gasteiger partial charge in [0.05, 0.1) is 17.7 Å². The van der Waals surface area contributed by atoms with Gasteiger partial charge < -0.3 is 4.74 Å². The minimum atomic E-state index is -3.90. The van der Waals surface area contributed by atoms with Gasteiger partial charge in [-0.1, -0.05) is 12.1 Å². The molecule has 0 unspecified atom stereocenters. The van der Waals surface area contributed by atoms with Crippen LogP contribution in [0.1, 0.15) is 11.1 Å². The van der Waals surface area contributed by atoms with Gasteiger partial charge in [-0.2, -0.15) is 0 Å². The number of nitrogens with zero attached hydrogens (tertiary/aromatic N) is 1. The van der Waals surface area contributed by atoms with E-state index in [0.29, 0.717) is 5.69 Å². The van der Waals surface area contributed by atoms with Crippen LogP contribution >= 0.6 is 11.8 Å². The Morgan fingerprint density at radius 1 is 1.12 bits per heavy atom. The molecule has 2 aromatic carbocycles. The molecule has 25 heavy (non-hydrogen) atoms. The Kier molecular flexibility index (Phi) is 6.13. The number of hydrogen-bond donors (Lipinski definition) is 0. The second-order valence-electron chi connectivity index (χ2n) is 5.48. The van der Waals surface area contributed by atoms with E-state index in [1.807, 2.05) is 26.2 Å². The fourth-order valence-electron chi connectivity index (χ4n) is 2.36. The summed E-state index contributed by atoms with van der Waals surface area (Å²) in [7, 11) is -2.66. The molecule has 0 heterocycles. The highest BCUT2D eigenvalue weighted by molar-refractivity contribution is 7.98. The zero-order valence-electron chi connectivity index (χ0n) is 14.6. The van der Waals surface area contributed by atoms with E-state index in [2.05, 4.69) is 0 Å². The molecule has 0 amide bonds. The first-order valence-corrected chi connectivity index (χ1v) is 10.3. The summed E-state index contributed by atoms with van der Waals surface area (Å²) in [5.74, 6) is -0.620. The van der Waals surface area contributed by atoms with Crippen LogP contribution in [0.25, 0.3) is 0 Å². The summed E-state index contributed by atoms with van der Waals surface area (Å²) >= 11 is 1.53. The Hall–Kier alpha value is -1.99. The summed E-state index contributed by atoms with van der Waals surface area (Å²) < 4.78 is 32.1. The molecule has 0 aromatic heterocycles. The summed E-state index contributed by atoms with van der Waals surface area (Å²) in [6, 6.07) is 12.0. The van der Waals surface area contributed by atoms with Crippen molar-refractivity contribution in [2.75, 3.05) is 24.2 Å². The van der Waals surface area contributed by atoms with Gasteiger partial charge in [0.25, 0.3) is 10.0 Å². The lowest BCUT2D eigenvalue weighted by molar-refractivity contribution is -0.138. The van der Waals surface area contributed by atoms with Crippen LogP contribution in [0.4, 0.5) is 5.69 Å². The summed E-state index contributed by atoms with van der Waals surface area (Å²) in [5.41, 5.74) is 2.22. The zero-order chi connectivity index (χ0) is 18.6. The molecule has 0 N–H and O–H groups in total. The number of thioether (sulfide) groups is 1.